The van der Waals surface area contributed by atoms with Crippen molar-refractivity contribution in [1.29, 1.82) is 0 Å². The van der Waals surface area contributed by atoms with Gasteiger partial charge in [-0.05, 0) is 65.1 Å². The predicted molar refractivity (Wildman–Crippen MR) is 123 cm³/mol. The van der Waals surface area contributed by atoms with E-state index in [1.807, 2.05) is 6.07 Å². The molecule has 29 heavy (non-hydrogen) atoms. The molecule has 0 fully saturated rings. The predicted octanol–water partition coefficient (Wildman–Crippen LogP) is 6.12. The van der Waals surface area contributed by atoms with Crippen LogP contribution in [0.3, 0.4) is 0 Å². The van der Waals surface area contributed by atoms with Gasteiger partial charge in [0.15, 0.2) is 6.61 Å². The molecule has 0 aliphatic carbocycles. The molecule has 3 N–H and O–H groups in total. The van der Waals surface area contributed by atoms with Gasteiger partial charge in [-0.3, -0.25) is 4.79 Å². The van der Waals surface area contributed by atoms with E-state index in [9.17, 15) is 4.79 Å². The van der Waals surface area contributed by atoms with Gasteiger partial charge in [0.2, 0.25) is 0 Å². The van der Waals surface area contributed by atoms with Gasteiger partial charge in [0.05, 0.1) is 10.7 Å². The number of nitrogens with one attached hydrogen (secondary N) is 1. The lowest BCUT2D eigenvalue weighted by molar-refractivity contribution is -0.118. The van der Waals surface area contributed by atoms with Crippen LogP contribution in [0.4, 0.5) is 11.4 Å². The van der Waals surface area contributed by atoms with Crippen LogP contribution < -0.4 is 15.8 Å². The average Bonchev–Trinajstić information content (AvgIpc) is 2.56. The zero-order valence-electron chi connectivity index (χ0n) is 18.4. The smallest absolute Gasteiger partial charge is 0.262 e. The highest BCUT2D eigenvalue weighted by atomic mass is 35.5. The minimum absolute atomic E-state index is 0.0733. The van der Waals surface area contributed by atoms with Gasteiger partial charge in [0.25, 0.3) is 5.91 Å². The number of nitrogens with two attached hydrogens (primary N) is 1. The van der Waals surface area contributed by atoms with Gasteiger partial charge in [-0.15, -0.1) is 0 Å². The van der Waals surface area contributed by atoms with E-state index < -0.39 is 0 Å². The van der Waals surface area contributed by atoms with Crippen molar-refractivity contribution in [2.75, 3.05) is 17.7 Å². The molecule has 0 unspecified atom stereocenters. The van der Waals surface area contributed by atoms with E-state index >= 15 is 0 Å². The molecule has 2 aromatic rings. The number of hydrogen-bond acceptors (Lipinski definition) is 3. The molecule has 0 aromatic heterocycles. The molecule has 5 heteroatoms. The Morgan fingerprint density at radius 2 is 1.59 bits per heavy atom. The Bertz CT molecular complexity index is 864. The Balaban J connectivity index is 2.08. The quantitative estimate of drug-likeness (QED) is 0.557. The summed E-state index contributed by atoms with van der Waals surface area (Å²) in [4.78, 5) is 12.2. The maximum Gasteiger partial charge on any atom is 0.262 e. The normalized spacial score (nSPS) is 12.0. The van der Waals surface area contributed by atoms with Gasteiger partial charge in [0.1, 0.15) is 5.75 Å². The lowest BCUT2D eigenvalue weighted by Gasteiger charge is -2.25. The van der Waals surface area contributed by atoms with Crippen molar-refractivity contribution >= 4 is 28.9 Å². The first kappa shape index (κ1) is 23.1. The molecule has 0 spiro atoms. The molecule has 0 aliphatic heterocycles. The van der Waals surface area contributed by atoms with Gasteiger partial charge in [0, 0.05) is 5.69 Å². The molecule has 0 saturated carbocycles. The molecule has 158 valence electrons. The van der Waals surface area contributed by atoms with Crippen molar-refractivity contribution in [1.82, 2.24) is 0 Å². The van der Waals surface area contributed by atoms with E-state index in [1.165, 1.54) is 11.1 Å². The second-order valence-electron chi connectivity index (χ2n) is 9.98. The summed E-state index contributed by atoms with van der Waals surface area (Å²) in [7, 11) is 0. The van der Waals surface area contributed by atoms with Crippen LogP contribution in [0.1, 0.15) is 52.7 Å². The largest absolute Gasteiger partial charge is 0.484 e. The van der Waals surface area contributed by atoms with Crippen LogP contribution in [0.25, 0.3) is 0 Å². The zero-order valence-corrected chi connectivity index (χ0v) is 19.1. The Kier molecular flexibility index (Phi) is 7.23. The van der Waals surface area contributed by atoms with Gasteiger partial charge < -0.3 is 15.8 Å². The van der Waals surface area contributed by atoms with Crippen LogP contribution in [0.15, 0.2) is 36.4 Å². The van der Waals surface area contributed by atoms with E-state index in [0.717, 1.165) is 12.8 Å². The molecule has 2 aromatic carbocycles. The highest BCUT2D eigenvalue weighted by Crippen LogP contribution is 2.30. The highest BCUT2D eigenvalue weighted by molar-refractivity contribution is 6.33. The number of carbonyl (C=O) groups excluding carboxylic acids is 1. The number of anilines is 2. The summed E-state index contributed by atoms with van der Waals surface area (Å²) >= 11 is 5.91. The number of carbonyl (C=O) groups is 1. The van der Waals surface area contributed by atoms with E-state index in [0.29, 0.717) is 22.1 Å². The molecule has 0 heterocycles. The molecule has 1 amide bonds. The standard InChI is InChI=1S/C24H33ClN2O2/c1-23(2,3)13-16-7-9-19(11-17(16)14-24(4,5)6)29-15-22(28)27-18-8-10-20(25)21(26)12-18/h7-12H,13-15,26H2,1-6H3,(H,27,28). The molecule has 0 saturated heterocycles. The summed E-state index contributed by atoms with van der Waals surface area (Å²) in [6.07, 6.45) is 1.95. The Morgan fingerprint density at radius 3 is 2.17 bits per heavy atom. The molecule has 0 radical (unpaired) electrons. The third-order valence-electron chi connectivity index (χ3n) is 4.27. The third kappa shape index (κ3) is 7.98. The van der Waals surface area contributed by atoms with Gasteiger partial charge in [-0.1, -0.05) is 59.2 Å². The molecule has 2 rings (SSSR count). The Labute approximate surface area is 179 Å². The third-order valence-corrected chi connectivity index (χ3v) is 4.61. The Hall–Kier alpha value is -2.20. The zero-order chi connectivity index (χ0) is 21.8. The number of hydrogen-bond donors (Lipinski definition) is 2. The molecule has 0 aliphatic rings. The molecular weight excluding hydrogens is 384 g/mol. The average molecular weight is 417 g/mol. The van der Waals surface area contributed by atoms with Crippen molar-refractivity contribution in [3.63, 3.8) is 0 Å². The number of ether oxygens (including phenoxy) is 1. The first-order valence-corrected chi connectivity index (χ1v) is 10.3. The monoisotopic (exact) mass is 416 g/mol. The minimum Gasteiger partial charge on any atom is -0.484 e. The fourth-order valence-electron chi connectivity index (χ4n) is 3.14. The van der Waals surface area contributed by atoms with Crippen molar-refractivity contribution in [3.8, 4) is 5.75 Å². The van der Waals surface area contributed by atoms with Crippen molar-refractivity contribution in [2.24, 2.45) is 10.8 Å². The van der Waals surface area contributed by atoms with E-state index in [4.69, 9.17) is 22.1 Å². The summed E-state index contributed by atoms with van der Waals surface area (Å²) in [5.74, 6) is 0.454. The lowest BCUT2D eigenvalue weighted by Crippen LogP contribution is -2.20. The number of amides is 1. The van der Waals surface area contributed by atoms with Crippen LogP contribution in [0.5, 0.6) is 5.75 Å². The first-order valence-electron chi connectivity index (χ1n) is 9.92. The topological polar surface area (TPSA) is 64.3 Å². The molecule has 0 bridgehead atoms. The number of nitrogen functional groups attached to an aromatic ring is 1. The van der Waals surface area contributed by atoms with Crippen molar-refractivity contribution < 1.29 is 9.53 Å². The SMILES string of the molecule is CC(C)(C)Cc1ccc(OCC(=O)Nc2ccc(Cl)c(N)c2)cc1CC(C)(C)C. The maximum atomic E-state index is 12.2. The van der Waals surface area contributed by atoms with Crippen LogP contribution in [-0.2, 0) is 17.6 Å². The summed E-state index contributed by atoms with van der Waals surface area (Å²) in [5, 5.41) is 3.23. The summed E-state index contributed by atoms with van der Waals surface area (Å²) in [5.41, 5.74) is 9.76. The van der Waals surface area contributed by atoms with Crippen molar-refractivity contribution in [3.05, 3.63) is 52.5 Å². The second kappa shape index (κ2) is 9.08. The van der Waals surface area contributed by atoms with Crippen LogP contribution in [-0.4, -0.2) is 12.5 Å². The number of benzene rings is 2. The molecular formula is C24H33ClN2O2. The first-order chi connectivity index (χ1) is 13.3. The van der Waals surface area contributed by atoms with Crippen LogP contribution in [0, 0.1) is 10.8 Å². The van der Waals surface area contributed by atoms with Gasteiger partial charge in [-0.2, -0.15) is 0 Å². The van der Waals surface area contributed by atoms with E-state index in [2.05, 4.69) is 59.0 Å². The van der Waals surface area contributed by atoms with E-state index in [1.54, 1.807) is 18.2 Å². The molecule has 4 nitrogen and oxygen atoms in total. The number of rotatable bonds is 6. The summed E-state index contributed by atoms with van der Waals surface area (Å²) < 4.78 is 5.76. The van der Waals surface area contributed by atoms with Gasteiger partial charge in [-0.25, -0.2) is 0 Å². The van der Waals surface area contributed by atoms with Crippen LogP contribution >= 0.6 is 11.6 Å². The van der Waals surface area contributed by atoms with Crippen LogP contribution in [0.2, 0.25) is 5.02 Å². The maximum absolute atomic E-state index is 12.2. The van der Waals surface area contributed by atoms with E-state index in [-0.39, 0.29) is 23.3 Å². The lowest BCUT2D eigenvalue weighted by atomic mass is 9.81. The summed E-state index contributed by atoms with van der Waals surface area (Å²) in [6.45, 7) is 13.3. The summed E-state index contributed by atoms with van der Waals surface area (Å²) in [6, 6.07) is 11.1. The van der Waals surface area contributed by atoms with Crippen molar-refractivity contribution in [2.45, 2.75) is 54.4 Å². The fraction of sp³-hybridized carbons (Fsp3) is 0.458. The second-order valence-corrected chi connectivity index (χ2v) is 10.4. The number of halogens is 1. The van der Waals surface area contributed by atoms with Gasteiger partial charge >= 0.3 is 0 Å². The minimum atomic E-state index is -0.247. The molecule has 0 atom stereocenters. The highest BCUT2D eigenvalue weighted by Gasteiger charge is 2.19. The fourth-order valence-corrected chi connectivity index (χ4v) is 3.26. The Morgan fingerprint density at radius 1 is 0.966 bits per heavy atom.